The molecule has 30 heavy (non-hydrogen) atoms. The fourth-order valence-corrected chi connectivity index (χ4v) is 4.03. The molecule has 0 radical (unpaired) electrons. The van der Waals surface area contributed by atoms with Crippen LogP contribution in [0.5, 0.6) is 17.2 Å². The van der Waals surface area contributed by atoms with Gasteiger partial charge in [-0.15, -0.1) is 0 Å². The molecule has 5 nitrogen and oxygen atoms in total. The number of para-hydroxylation sites is 1. The third-order valence-corrected chi connectivity index (χ3v) is 5.39. The Bertz CT molecular complexity index is 1190. The number of carbonyl (C=O) groups excluding carboxylic acids is 2. The Morgan fingerprint density at radius 2 is 1.70 bits per heavy atom. The van der Waals surface area contributed by atoms with E-state index in [0.29, 0.717) is 28.4 Å². The van der Waals surface area contributed by atoms with Crippen molar-refractivity contribution in [2.45, 2.75) is 12.3 Å². The molecule has 0 saturated heterocycles. The number of methoxy groups -OCH3 is 1. The molecule has 0 aromatic heterocycles. The second-order valence-corrected chi connectivity index (χ2v) is 7.18. The molecule has 2 aliphatic rings. The van der Waals surface area contributed by atoms with Gasteiger partial charge in [0, 0.05) is 17.0 Å². The van der Waals surface area contributed by atoms with Gasteiger partial charge in [0.25, 0.3) is 0 Å². The van der Waals surface area contributed by atoms with Crippen molar-refractivity contribution >= 4 is 17.8 Å². The van der Waals surface area contributed by atoms with Crippen LogP contribution in [-0.4, -0.2) is 18.9 Å². The minimum atomic E-state index is -0.337. The molecule has 2 heterocycles. The number of ketones is 1. The lowest BCUT2D eigenvalue weighted by atomic mass is 9.84. The summed E-state index contributed by atoms with van der Waals surface area (Å²) in [5, 5.41) is 0. The summed E-state index contributed by atoms with van der Waals surface area (Å²) in [6, 6.07) is 20.4. The lowest BCUT2D eigenvalue weighted by Gasteiger charge is -2.27. The topological polar surface area (TPSA) is 61.8 Å². The van der Waals surface area contributed by atoms with Crippen LogP contribution < -0.4 is 14.2 Å². The SMILES string of the molecule is COc1ccccc1[C@@H]1CC(=O)Oc2ccc3c(c21)O/C(=C\c1ccccc1)C3=O. The number of rotatable bonds is 3. The van der Waals surface area contributed by atoms with E-state index in [1.165, 1.54) is 0 Å². The van der Waals surface area contributed by atoms with Crippen LogP contribution in [0.15, 0.2) is 72.5 Å². The van der Waals surface area contributed by atoms with Gasteiger partial charge in [0.2, 0.25) is 5.78 Å². The van der Waals surface area contributed by atoms with E-state index in [2.05, 4.69) is 0 Å². The van der Waals surface area contributed by atoms with Gasteiger partial charge in [0.1, 0.15) is 17.2 Å². The van der Waals surface area contributed by atoms with Gasteiger partial charge in [-0.25, -0.2) is 0 Å². The van der Waals surface area contributed by atoms with E-state index in [-0.39, 0.29) is 29.9 Å². The molecule has 0 amide bonds. The number of esters is 1. The molecule has 0 unspecified atom stereocenters. The van der Waals surface area contributed by atoms with Crippen molar-refractivity contribution < 1.29 is 23.8 Å². The minimum Gasteiger partial charge on any atom is -0.496 e. The van der Waals surface area contributed by atoms with Crippen LogP contribution in [-0.2, 0) is 4.79 Å². The van der Waals surface area contributed by atoms with E-state index in [1.807, 2.05) is 54.6 Å². The van der Waals surface area contributed by atoms with Crippen LogP contribution in [0.1, 0.15) is 39.4 Å². The van der Waals surface area contributed by atoms with Gasteiger partial charge >= 0.3 is 5.97 Å². The molecule has 0 aliphatic carbocycles. The maximum absolute atomic E-state index is 13.0. The lowest BCUT2D eigenvalue weighted by Crippen LogP contribution is -2.22. The maximum atomic E-state index is 13.0. The highest BCUT2D eigenvalue weighted by atomic mass is 16.5. The molecular formula is C25H18O5. The van der Waals surface area contributed by atoms with Gasteiger partial charge < -0.3 is 14.2 Å². The Morgan fingerprint density at radius 1 is 0.933 bits per heavy atom. The van der Waals surface area contributed by atoms with E-state index in [9.17, 15) is 9.59 Å². The zero-order valence-corrected chi connectivity index (χ0v) is 16.3. The predicted octanol–water partition coefficient (Wildman–Crippen LogP) is 4.75. The van der Waals surface area contributed by atoms with Crippen molar-refractivity contribution in [1.82, 2.24) is 0 Å². The van der Waals surface area contributed by atoms with E-state index < -0.39 is 0 Å². The number of hydrogen-bond acceptors (Lipinski definition) is 5. The van der Waals surface area contributed by atoms with Crippen LogP contribution in [0.25, 0.3) is 6.08 Å². The molecule has 3 aromatic rings. The number of benzene rings is 3. The number of fused-ring (bicyclic) bond motifs is 3. The van der Waals surface area contributed by atoms with Crippen LogP contribution in [0.2, 0.25) is 0 Å². The predicted molar refractivity (Wildman–Crippen MR) is 111 cm³/mol. The molecule has 1 atom stereocenters. The molecule has 148 valence electrons. The van der Waals surface area contributed by atoms with Crippen LogP contribution in [0, 0.1) is 0 Å². The molecule has 0 N–H and O–H groups in total. The summed E-state index contributed by atoms with van der Waals surface area (Å²) in [5.41, 5.74) is 2.88. The van der Waals surface area contributed by atoms with E-state index in [1.54, 1.807) is 25.3 Å². The number of hydrogen-bond donors (Lipinski definition) is 0. The van der Waals surface area contributed by atoms with Crippen LogP contribution >= 0.6 is 0 Å². The summed E-state index contributed by atoms with van der Waals surface area (Å²) in [6.45, 7) is 0. The van der Waals surface area contributed by atoms with Crippen LogP contribution in [0.3, 0.4) is 0 Å². The fourth-order valence-electron chi connectivity index (χ4n) is 4.03. The Hall–Kier alpha value is -3.86. The summed E-state index contributed by atoms with van der Waals surface area (Å²) in [4.78, 5) is 25.3. The van der Waals surface area contributed by atoms with Crippen molar-refractivity contribution in [3.05, 3.63) is 94.7 Å². The number of ether oxygens (including phenoxy) is 3. The summed E-state index contributed by atoms with van der Waals surface area (Å²) in [6.07, 6.45) is 1.86. The first-order valence-corrected chi connectivity index (χ1v) is 9.65. The van der Waals surface area contributed by atoms with E-state index >= 15 is 0 Å². The average molecular weight is 398 g/mol. The Labute approximate surface area is 173 Å². The van der Waals surface area contributed by atoms with Gasteiger partial charge in [-0.2, -0.15) is 0 Å². The molecule has 5 rings (SSSR count). The Balaban J connectivity index is 1.65. The summed E-state index contributed by atoms with van der Waals surface area (Å²) >= 11 is 0. The normalized spacial score (nSPS) is 18.4. The number of Topliss-reactive ketones (excluding diaryl/α,β-unsaturated/α-hetero) is 1. The highest BCUT2D eigenvalue weighted by Gasteiger charge is 2.39. The molecular weight excluding hydrogens is 380 g/mol. The molecule has 0 bridgehead atoms. The summed E-state index contributed by atoms with van der Waals surface area (Å²) in [7, 11) is 1.59. The first kappa shape index (κ1) is 18.2. The number of carbonyl (C=O) groups is 2. The van der Waals surface area contributed by atoms with Crippen molar-refractivity contribution in [2.24, 2.45) is 0 Å². The highest BCUT2D eigenvalue weighted by molar-refractivity contribution is 6.15. The van der Waals surface area contributed by atoms with Gasteiger partial charge in [-0.3, -0.25) is 9.59 Å². The van der Waals surface area contributed by atoms with Crippen molar-refractivity contribution in [3.8, 4) is 17.2 Å². The molecule has 2 aliphatic heterocycles. The van der Waals surface area contributed by atoms with E-state index in [0.717, 1.165) is 11.1 Å². The summed E-state index contributed by atoms with van der Waals surface area (Å²) < 4.78 is 17.1. The van der Waals surface area contributed by atoms with Crippen molar-refractivity contribution in [1.29, 1.82) is 0 Å². The largest absolute Gasteiger partial charge is 0.496 e. The second kappa shape index (κ2) is 7.19. The Morgan fingerprint density at radius 3 is 2.50 bits per heavy atom. The monoisotopic (exact) mass is 398 g/mol. The standard InChI is InChI=1S/C25H18O5/c1-28-19-10-6-5-9-16(19)18-14-22(26)29-20-12-11-17-24(27)21(30-25(17)23(18)20)13-15-7-3-2-4-8-15/h2-13,18H,14H2,1H3/b21-13-/t18-/m0/s1. The van der Waals surface area contributed by atoms with Gasteiger partial charge in [0.05, 0.1) is 19.1 Å². The molecule has 0 fully saturated rings. The van der Waals surface area contributed by atoms with Crippen molar-refractivity contribution in [3.63, 3.8) is 0 Å². The number of allylic oxidation sites excluding steroid dienone is 1. The smallest absolute Gasteiger partial charge is 0.312 e. The average Bonchev–Trinajstić information content (AvgIpc) is 3.09. The first-order chi connectivity index (χ1) is 14.7. The van der Waals surface area contributed by atoms with Gasteiger partial charge in [-0.1, -0.05) is 48.5 Å². The maximum Gasteiger partial charge on any atom is 0.312 e. The van der Waals surface area contributed by atoms with E-state index in [4.69, 9.17) is 14.2 Å². The zero-order valence-electron chi connectivity index (χ0n) is 16.3. The molecule has 0 spiro atoms. The zero-order chi connectivity index (χ0) is 20.7. The van der Waals surface area contributed by atoms with Crippen LogP contribution in [0.4, 0.5) is 0 Å². The molecule has 3 aromatic carbocycles. The lowest BCUT2D eigenvalue weighted by molar-refractivity contribution is -0.135. The molecule has 5 heteroatoms. The molecule has 0 saturated carbocycles. The quantitative estimate of drug-likeness (QED) is 0.362. The van der Waals surface area contributed by atoms with Crippen molar-refractivity contribution in [2.75, 3.05) is 7.11 Å². The van der Waals surface area contributed by atoms with Gasteiger partial charge in [0.15, 0.2) is 5.76 Å². The third-order valence-electron chi connectivity index (χ3n) is 5.39. The highest BCUT2D eigenvalue weighted by Crippen LogP contribution is 2.50. The second-order valence-electron chi connectivity index (χ2n) is 7.18. The summed E-state index contributed by atoms with van der Waals surface area (Å²) in [5.74, 6) is 0.925. The minimum absolute atomic E-state index is 0.138. The Kier molecular flexibility index (Phi) is 4.36. The fraction of sp³-hybridized carbons (Fsp3) is 0.120. The first-order valence-electron chi connectivity index (χ1n) is 9.65. The van der Waals surface area contributed by atoms with Gasteiger partial charge in [-0.05, 0) is 29.8 Å². The third kappa shape index (κ3) is 2.95.